The maximum absolute atomic E-state index is 4.53. The second-order valence-corrected chi connectivity index (χ2v) is 3.97. The molecule has 0 saturated carbocycles. The fourth-order valence-electron chi connectivity index (χ4n) is 1.79. The van der Waals surface area contributed by atoms with E-state index in [0.717, 1.165) is 11.2 Å². The van der Waals surface area contributed by atoms with Crippen LogP contribution in [0.25, 0.3) is 16.6 Å². The number of hydrogen-bond acceptors (Lipinski definition) is 1. The fraction of sp³-hybridized carbons (Fsp3) is 0.0714. The number of aryl methyl sites for hydroxylation is 1. The molecule has 1 aromatic heterocycles. The summed E-state index contributed by atoms with van der Waals surface area (Å²) in [5.74, 6) is 0. The first kappa shape index (κ1) is 9.16. The van der Waals surface area contributed by atoms with Crippen LogP contribution in [0, 0.1) is 6.92 Å². The maximum atomic E-state index is 4.53. The van der Waals surface area contributed by atoms with E-state index in [2.05, 4.69) is 48.6 Å². The van der Waals surface area contributed by atoms with E-state index in [0.29, 0.717) is 0 Å². The van der Waals surface area contributed by atoms with Crippen molar-refractivity contribution in [2.24, 2.45) is 0 Å². The summed E-state index contributed by atoms with van der Waals surface area (Å²) in [5, 5.41) is 5.70. The van der Waals surface area contributed by atoms with Gasteiger partial charge in [-0.3, -0.25) is 0 Å². The van der Waals surface area contributed by atoms with E-state index < -0.39 is 0 Å². The SMILES string of the molecule is Cc1ccc(-n2cc3ccccc3n2)cc1. The second kappa shape index (κ2) is 3.49. The molecule has 2 nitrogen and oxygen atoms in total. The lowest BCUT2D eigenvalue weighted by Gasteiger charge is -2.00. The van der Waals surface area contributed by atoms with Gasteiger partial charge in [0.1, 0.15) is 0 Å². The molecule has 0 saturated heterocycles. The Labute approximate surface area is 94.1 Å². The fourth-order valence-corrected chi connectivity index (χ4v) is 1.79. The first-order valence-corrected chi connectivity index (χ1v) is 5.34. The minimum atomic E-state index is 1.03. The number of hydrogen-bond donors (Lipinski definition) is 0. The summed E-state index contributed by atoms with van der Waals surface area (Å²) >= 11 is 0. The van der Waals surface area contributed by atoms with E-state index in [9.17, 15) is 0 Å². The predicted molar refractivity (Wildman–Crippen MR) is 65.8 cm³/mol. The Bertz CT molecular complexity index is 588. The van der Waals surface area contributed by atoms with Crippen molar-refractivity contribution < 1.29 is 0 Å². The molecule has 0 radical (unpaired) electrons. The molecule has 0 aliphatic heterocycles. The van der Waals surface area contributed by atoms with Crippen molar-refractivity contribution in [2.45, 2.75) is 6.92 Å². The number of fused-ring (bicyclic) bond motifs is 1. The lowest BCUT2D eigenvalue weighted by Crippen LogP contribution is -1.93. The Morgan fingerprint density at radius 1 is 0.938 bits per heavy atom. The van der Waals surface area contributed by atoms with Crippen LogP contribution in [0.5, 0.6) is 0 Å². The van der Waals surface area contributed by atoms with Gasteiger partial charge in [0.05, 0.1) is 11.2 Å². The number of rotatable bonds is 1. The zero-order valence-corrected chi connectivity index (χ0v) is 9.09. The molecule has 1 heterocycles. The Morgan fingerprint density at radius 2 is 1.69 bits per heavy atom. The van der Waals surface area contributed by atoms with Crippen LogP contribution < -0.4 is 0 Å². The summed E-state index contributed by atoms with van der Waals surface area (Å²) < 4.78 is 1.92. The lowest BCUT2D eigenvalue weighted by atomic mass is 10.2. The molecular weight excluding hydrogens is 196 g/mol. The summed E-state index contributed by atoms with van der Waals surface area (Å²) in [6, 6.07) is 16.5. The van der Waals surface area contributed by atoms with Gasteiger partial charge in [0.15, 0.2) is 0 Å². The highest BCUT2D eigenvalue weighted by Crippen LogP contribution is 2.15. The third kappa shape index (κ3) is 1.48. The van der Waals surface area contributed by atoms with E-state index in [-0.39, 0.29) is 0 Å². The molecule has 2 heteroatoms. The minimum Gasteiger partial charge on any atom is -0.240 e. The molecule has 0 bridgehead atoms. The molecule has 0 atom stereocenters. The van der Waals surface area contributed by atoms with Crippen molar-refractivity contribution in [3.8, 4) is 5.69 Å². The average Bonchev–Trinajstić information content (AvgIpc) is 2.73. The maximum Gasteiger partial charge on any atom is 0.0927 e. The number of nitrogens with zero attached hydrogens (tertiary/aromatic N) is 2. The van der Waals surface area contributed by atoms with Crippen LogP contribution >= 0.6 is 0 Å². The highest BCUT2D eigenvalue weighted by Gasteiger charge is 2.00. The van der Waals surface area contributed by atoms with E-state index in [1.807, 2.05) is 22.9 Å². The largest absolute Gasteiger partial charge is 0.240 e. The Kier molecular flexibility index (Phi) is 2.00. The van der Waals surface area contributed by atoms with E-state index in [4.69, 9.17) is 0 Å². The first-order valence-electron chi connectivity index (χ1n) is 5.34. The molecule has 2 aromatic carbocycles. The Morgan fingerprint density at radius 3 is 2.44 bits per heavy atom. The lowest BCUT2D eigenvalue weighted by molar-refractivity contribution is 0.896. The Balaban J connectivity index is 2.15. The van der Waals surface area contributed by atoms with Gasteiger partial charge in [-0.05, 0) is 25.1 Å². The topological polar surface area (TPSA) is 17.8 Å². The standard InChI is InChI=1S/C14H12N2/c1-11-6-8-13(9-7-11)16-10-12-4-2-3-5-14(12)15-16/h2-10H,1H3. The molecule has 0 spiro atoms. The van der Waals surface area contributed by atoms with Crippen molar-refractivity contribution in [1.29, 1.82) is 0 Å². The normalized spacial score (nSPS) is 10.8. The summed E-state index contributed by atoms with van der Waals surface area (Å²) in [6.45, 7) is 2.09. The third-order valence-electron chi connectivity index (χ3n) is 2.71. The molecular formula is C14H12N2. The number of benzene rings is 2. The molecule has 0 unspecified atom stereocenters. The van der Waals surface area contributed by atoms with Gasteiger partial charge in [-0.1, -0.05) is 35.9 Å². The van der Waals surface area contributed by atoms with Crippen LogP contribution in [-0.4, -0.2) is 9.78 Å². The third-order valence-corrected chi connectivity index (χ3v) is 2.71. The molecule has 78 valence electrons. The van der Waals surface area contributed by atoms with Crippen molar-refractivity contribution in [1.82, 2.24) is 9.78 Å². The zero-order valence-electron chi connectivity index (χ0n) is 9.09. The van der Waals surface area contributed by atoms with Crippen LogP contribution in [0.15, 0.2) is 54.7 Å². The average molecular weight is 208 g/mol. The summed E-state index contributed by atoms with van der Waals surface area (Å²) in [6.07, 6.45) is 2.06. The van der Waals surface area contributed by atoms with Crippen LogP contribution in [0.4, 0.5) is 0 Å². The Hall–Kier alpha value is -2.09. The van der Waals surface area contributed by atoms with Gasteiger partial charge >= 0.3 is 0 Å². The molecule has 0 N–H and O–H groups in total. The predicted octanol–water partition coefficient (Wildman–Crippen LogP) is 3.33. The van der Waals surface area contributed by atoms with Crippen molar-refractivity contribution in [3.05, 3.63) is 60.3 Å². The highest BCUT2D eigenvalue weighted by atomic mass is 15.3. The molecule has 0 fully saturated rings. The quantitative estimate of drug-likeness (QED) is 0.599. The van der Waals surface area contributed by atoms with Crippen molar-refractivity contribution in [3.63, 3.8) is 0 Å². The van der Waals surface area contributed by atoms with Gasteiger partial charge in [0.25, 0.3) is 0 Å². The minimum absolute atomic E-state index is 1.03. The highest BCUT2D eigenvalue weighted by molar-refractivity contribution is 5.78. The van der Waals surface area contributed by atoms with Crippen LogP contribution in [0.3, 0.4) is 0 Å². The molecule has 0 amide bonds. The molecule has 3 rings (SSSR count). The van der Waals surface area contributed by atoms with Crippen molar-refractivity contribution >= 4 is 10.9 Å². The van der Waals surface area contributed by atoms with Gasteiger partial charge in [-0.2, -0.15) is 5.10 Å². The van der Waals surface area contributed by atoms with Gasteiger partial charge in [-0.25, -0.2) is 4.68 Å². The van der Waals surface area contributed by atoms with E-state index >= 15 is 0 Å². The number of aromatic nitrogens is 2. The van der Waals surface area contributed by atoms with Crippen LogP contribution in [0.2, 0.25) is 0 Å². The first-order chi connectivity index (χ1) is 7.83. The monoisotopic (exact) mass is 208 g/mol. The van der Waals surface area contributed by atoms with E-state index in [1.54, 1.807) is 0 Å². The van der Waals surface area contributed by atoms with Gasteiger partial charge < -0.3 is 0 Å². The summed E-state index contributed by atoms with van der Waals surface area (Å²) in [5.41, 5.74) is 3.39. The van der Waals surface area contributed by atoms with Crippen molar-refractivity contribution in [2.75, 3.05) is 0 Å². The van der Waals surface area contributed by atoms with Crippen LogP contribution in [-0.2, 0) is 0 Å². The van der Waals surface area contributed by atoms with E-state index in [1.165, 1.54) is 10.9 Å². The summed E-state index contributed by atoms with van der Waals surface area (Å²) in [7, 11) is 0. The molecule has 0 aliphatic carbocycles. The molecule has 0 aliphatic rings. The molecule has 3 aromatic rings. The van der Waals surface area contributed by atoms with Gasteiger partial charge in [0, 0.05) is 11.6 Å². The zero-order chi connectivity index (χ0) is 11.0. The second-order valence-electron chi connectivity index (χ2n) is 3.97. The smallest absolute Gasteiger partial charge is 0.0927 e. The van der Waals surface area contributed by atoms with Gasteiger partial charge in [-0.15, -0.1) is 0 Å². The van der Waals surface area contributed by atoms with Gasteiger partial charge in [0.2, 0.25) is 0 Å². The molecule has 16 heavy (non-hydrogen) atoms. The summed E-state index contributed by atoms with van der Waals surface area (Å²) in [4.78, 5) is 0. The van der Waals surface area contributed by atoms with Crippen LogP contribution in [0.1, 0.15) is 5.56 Å².